The highest BCUT2D eigenvalue weighted by Crippen LogP contribution is 2.27. The van der Waals surface area contributed by atoms with Crippen LogP contribution in [-0.2, 0) is 0 Å². The van der Waals surface area contributed by atoms with Gasteiger partial charge in [-0.25, -0.2) is 4.98 Å². The fourth-order valence-corrected chi connectivity index (χ4v) is 1.87. The molecule has 0 radical (unpaired) electrons. The van der Waals surface area contributed by atoms with Gasteiger partial charge in [0.1, 0.15) is 6.20 Å². The highest BCUT2D eigenvalue weighted by molar-refractivity contribution is 6.28. The monoisotopic (exact) mass is 290 g/mol. The van der Waals surface area contributed by atoms with Gasteiger partial charge in [0.25, 0.3) is 0 Å². The number of nitro groups is 1. The molecule has 0 aliphatic carbocycles. The number of hydrogen-bond donors (Lipinski definition) is 2. The van der Waals surface area contributed by atoms with Crippen LogP contribution in [0, 0.1) is 10.1 Å². The zero-order valence-corrected chi connectivity index (χ0v) is 10.6. The van der Waals surface area contributed by atoms with Crippen molar-refractivity contribution in [3.63, 3.8) is 0 Å². The van der Waals surface area contributed by atoms with Gasteiger partial charge in [-0.2, -0.15) is 10.1 Å². The first-order valence-corrected chi connectivity index (χ1v) is 5.88. The number of H-pyrrole nitrogens is 1. The Bertz CT molecular complexity index is 802. The van der Waals surface area contributed by atoms with Gasteiger partial charge < -0.3 is 5.32 Å². The standard InChI is InChI=1S/C11H7ClN6O2/c12-11-13-5-9(18(19)20)10(16-11)15-7-1-2-8-6(3-7)4-14-17-8/h1-5H,(H,14,17)(H,13,15,16). The van der Waals surface area contributed by atoms with Crippen LogP contribution in [0.25, 0.3) is 10.9 Å². The van der Waals surface area contributed by atoms with Crippen LogP contribution in [0.2, 0.25) is 5.28 Å². The van der Waals surface area contributed by atoms with Crippen molar-refractivity contribution in [2.24, 2.45) is 0 Å². The molecule has 3 rings (SSSR count). The Kier molecular flexibility index (Phi) is 2.92. The second-order valence-electron chi connectivity index (χ2n) is 3.93. The quantitative estimate of drug-likeness (QED) is 0.436. The zero-order valence-electron chi connectivity index (χ0n) is 9.87. The molecule has 0 aliphatic heterocycles. The summed E-state index contributed by atoms with van der Waals surface area (Å²) in [4.78, 5) is 17.8. The molecule has 1 aromatic carbocycles. The molecule has 2 aromatic heterocycles. The molecule has 3 aromatic rings. The lowest BCUT2D eigenvalue weighted by molar-refractivity contribution is -0.384. The first-order valence-electron chi connectivity index (χ1n) is 5.50. The SMILES string of the molecule is O=[N+]([O-])c1cnc(Cl)nc1Nc1ccc2[nH]ncc2c1. The molecule has 9 heteroatoms. The summed E-state index contributed by atoms with van der Waals surface area (Å²) < 4.78 is 0. The van der Waals surface area contributed by atoms with Crippen LogP contribution < -0.4 is 5.32 Å². The van der Waals surface area contributed by atoms with Gasteiger partial charge in [0.15, 0.2) is 0 Å². The number of aromatic nitrogens is 4. The number of nitrogens with one attached hydrogen (secondary N) is 2. The number of nitrogens with zero attached hydrogens (tertiary/aromatic N) is 4. The van der Waals surface area contributed by atoms with Crippen molar-refractivity contribution in [2.45, 2.75) is 0 Å². The Morgan fingerprint density at radius 3 is 3.00 bits per heavy atom. The van der Waals surface area contributed by atoms with Crippen LogP contribution in [0.5, 0.6) is 0 Å². The lowest BCUT2D eigenvalue weighted by Crippen LogP contribution is -2.01. The summed E-state index contributed by atoms with van der Waals surface area (Å²) in [5, 5.41) is 21.3. The first kappa shape index (κ1) is 12.3. The van der Waals surface area contributed by atoms with E-state index < -0.39 is 4.92 Å². The third kappa shape index (κ3) is 2.24. The molecule has 2 N–H and O–H groups in total. The molecule has 20 heavy (non-hydrogen) atoms. The third-order valence-corrected chi connectivity index (χ3v) is 2.82. The molecule has 0 amide bonds. The summed E-state index contributed by atoms with van der Waals surface area (Å²) in [6.45, 7) is 0. The third-order valence-electron chi connectivity index (χ3n) is 2.64. The number of hydrogen-bond acceptors (Lipinski definition) is 6. The molecular weight excluding hydrogens is 284 g/mol. The molecule has 2 heterocycles. The van der Waals surface area contributed by atoms with Gasteiger partial charge >= 0.3 is 5.69 Å². The predicted molar refractivity (Wildman–Crippen MR) is 73.1 cm³/mol. The fourth-order valence-electron chi connectivity index (χ4n) is 1.74. The summed E-state index contributed by atoms with van der Waals surface area (Å²) >= 11 is 5.67. The zero-order chi connectivity index (χ0) is 14.1. The number of benzene rings is 1. The second-order valence-corrected chi connectivity index (χ2v) is 4.27. The van der Waals surface area contributed by atoms with Crippen LogP contribution in [0.3, 0.4) is 0 Å². The Hall–Kier alpha value is -2.74. The average molecular weight is 291 g/mol. The summed E-state index contributed by atoms with van der Waals surface area (Å²) in [5.74, 6) is 0.0397. The lowest BCUT2D eigenvalue weighted by Gasteiger charge is -2.06. The molecule has 0 bridgehead atoms. The maximum atomic E-state index is 10.9. The summed E-state index contributed by atoms with van der Waals surface area (Å²) in [5.41, 5.74) is 1.25. The largest absolute Gasteiger partial charge is 0.334 e. The second kappa shape index (κ2) is 4.74. The Labute approximate surface area is 117 Å². The van der Waals surface area contributed by atoms with Crippen molar-refractivity contribution in [3.8, 4) is 0 Å². The van der Waals surface area contributed by atoms with Crippen molar-refractivity contribution >= 4 is 39.7 Å². The maximum Gasteiger partial charge on any atom is 0.329 e. The van der Waals surface area contributed by atoms with Gasteiger partial charge in [0.2, 0.25) is 11.1 Å². The predicted octanol–water partition coefficient (Wildman–Crippen LogP) is 2.66. The van der Waals surface area contributed by atoms with Gasteiger partial charge in [-0.3, -0.25) is 15.2 Å². The first-order chi connectivity index (χ1) is 9.63. The number of halogens is 1. The summed E-state index contributed by atoms with van der Waals surface area (Å²) in [7, 11) is 0. The Morgan fingerprint density at radius 1 is 1.35 bits per heavy atom. The lowest BCUT2D eigenvalue weighted by atomic mass is 10.2. The minimum absolute atomic E-state index is 0.0397. The Morgan fingerprint density at radius 2 is 2.20 bits per heavy atom. The molecule has 0 unspecified atom stereocenters. The number of aromatic amines is 1. The maximum absolute atomic E-state index is 10.9. The van der Waals surface area contributed by atoms with Crippen LogP contribution >= 0.6 is 11.6 Å². The normalized spacial score (nSPS) is 10.7. The highest BCUT2D eigenvalue weighted by atomic mass is 35.5. The van der Waals surface area contributed by atoms with E-state index in [1.807, 2.05) is 0 Å². The molecule has 8 nitrogen and oxygen atoms in total. The molecule has 0 saturated heterocycles. The number of fused-ring (bicyclic) bond motifs is 1. The fraction of sp³-hybridized carbons (Fsp3) is 0. The number of rotatable bonds is 3. The molecule has 0 atom stereocenters. The van der Waals surface area contributed by atoms with E-state index >= 15 is 0 Å². The van der Waals surface area contributed by atoms with Gasteiger partial charge in [0, 0.05) is 11.1 Å². The molecule has 0 fully saturated rings. The van der Waals surface area contributed by atoms with Crippen molar-refractivity contribution in [3.05, 3.63) is 46.0 Å². The van der Waals surface area contributed by atoms with Crippen molar-refractivity contribution in [2.75, 3.05) is 5.32 Å². The Balaban J connectivity index is 2.01. The van der Waals surface area contributed by atoms with Gasteiger partial charge in [-0.15, -0.1) is 0 Å². The van der Waals surface area contributed by atoms with E-state index in [1.54, 1.807) is 24.4 Å². The topological polar surface area (TPSA) is 110 Å². The summed E-state index contributed by atoms with van der Waals surface area (Å²) in [6, 6.07) is 5.35. The van der Waals surface area contributed by atoms with Crippen molar-refractivity contribution in [1.29, 1.82) is 0 Å². The highest BCUT2D eigenvalue weighted by Gasteiger charge is 2.17. The van der Waals surface area contributed by atoms with Crippen LogP contribution in [0.4, 0.5) is 17.2 Å². The van der Waals surface area contributed by atoms with E-state index in [2.05, 4.69) is 25.5 Å². The van der Waals surface area contributed by atoms with Gasteiger partial charge in [-0.1, -0.05) is 0 Å². The van der Waals surface area contributed by atoms with Crippen molar-refractivity contribution < 1.29 is 4.92 Å². The van der Waals surface area contributed by atoms with Gasteiger partial charge in [0.05, 0.1) is 16.6 Å². The number of anilines is 2. The van der Waals surface area contributed by atoms with E-state index in [-0.39, 0.29) is 16.8 Å². The van der Waals surface area contributed by atoms with E-state index in [9.17, 15) is 10.1 Å². The van der Waals surface area contributed by atoms with E-state index in [0.29, 0.717) is 5.69 Å². The average Bonchev–Trinajstić information content (AvgIpc) is 2.85. The van der Waals surface area contributed by atoms with E-state index in [1.165, 1.54) is 0 Å². The molecular formula is C11H7ClN6O2. The molecule has 100 valence electrons. The van der Waals surface area contributed by atoms with Crippen molar-refractivity contribution in [1.82, 2.24) is 20.2 Å². The molecule has 0 saturated carbocycles. The summed E-state index contributed by atoms with van der Waals surface area (Å²) in [6.07, 6.45) is 2.72. The van der Waals surface area contributed by atoms with Crippen LogP contribution in [0.15, 0.2) is 30.6 Å². The van der Waals surface area contributed by atoms with E-state index in [4.69, 9.17) is 11.6 Å². The smallest absolute Gasteiger partial charge is 0.329 e. The van der Waals surface area contributed by atoms with Crippen LogP contribution in [0.1, 0.15) is 0 Å². The minimum atomic E-state index is -0.574. The van der Waals surface area contributed by atoms with E-state index in [0.717, 1.165) is 17.1 Å². The molecule has 0 aliphatic rings. The van der Waals surface area contributed by atoms with Crippen LogP contribution in [-0.4, -0.2) is 25.1 Å². The van der Waals surface area contributed by atoms with Gasteiger partial charge in [-0.05, 0) is 29.8 Å². The minimum Gasteiger partial charge on any atom is -0.334 e. The molecule has 0 spiro atoms.